The fourth-order valence-electron chi connectivity index (χ4n) is 4.46. The van der Waals surface area contributed by atoms with Gasteiger partial charge >= 0.3 is 0 Å². The molecule has 5 nitrogen and oxygen atoms in total. The number of benzene rings is 1. The Hall–Kier alpha value is -0.980. The van der Waals surface area contributed by atoms with Gasteiger partial charge in [-0.25, -0.2) is 0 Å². The summed E-state index contributed by atoms with van der Waals surface area (Å²) in [6, 6.07) is 8.66. The third-order valence-electron chi connectivity index (χ3n) is 6.40. The Morgan fingerprint density at radius 3 is 1.86 bits per heavy atom. The summed E-state index contributed by atoms with van der Waals surface area (Å²) in [5.74, 6) is -0.207. The van der Waals surface area contributed by atoms with Gasteiger partial charge in [-0.3, -0.25) is 0 Å². The SMILES string of the molecule is [CH2-][NH+]1CCC2(CC1)OCCO2.[CH2-][NH+]1CCCCC1.[CH2-][NH+]1CCc2ccccc2C1. The molecule has 4 aliphatic heterocycles. The molecule has 29 heavy (non-hydrogen) atoms. The average molecular weight is 404 g/mol. The van der Waals surface area contributed by atoms with Crippen molar-refractivity contribution in [1.29, 1.82) is 0 Å². The van der Waals surface area contributed by atoms with Gasteiger partial charge in [-0.15, -0.1) is 0 Å². The van der Waals surface area contributed by atoms with E-state index in [1.807, 2.05) is 0 Å². The van der Waals surface area contributed by atoms with Gasteiger partial charge in [0.1, 0.15) is 0 Å². The zero-order valence-corrected chi connectivity index (χ0v) is 18.1. The maximum atomic E-state index is 5.57. The van der Waals surface area contributed by atoms with E-state index in [0.29, 0.717) is 0 Å². The molecule has 4 heterocycles. The Labute approximate surface area is 177 Å². The summed E-state index contributed by atoms with van der Waals surface area (Å²) in [5, 5.41) is 0. The summed E-state index contributed by atoms with van der Waals surface area (Å²) in [5.41, 5.74) is 2.99. The summed E-state index contributed by atoms with van der Waals surface area (Å²) in [6.07, 6.45) is 7.41. The molecule has 5 heteroatoms. The minimum Gasteiger partial charge on any atom is -0.468 e. The minimum absolute atomic E-state index is 0.207. The van der Waals surface area contributed by atoms with Crippen LogP contribution in [-0.4, -0.2) is 51.7 Å². The smallest absolute Gasteiger partial charge is 0.179 e. The highest BCUT2D eigenvalue weighted by Crippen LogP contribution is 2.27. The Kier molecular flexibility index (Phi) is 8.94. The summed E-state index contributed by atoms with van der Waals surface area (Å²) < 4.78 is 11.1. The highest BCUT2D eigenvalue weighted by atomic mass is 16.7. The highest BCUT2D eigenvalue weighted by molar-refractivity contribution is 5.27. The van der Waals surface area contributed by atoms with Crippen LogP contribution in [0.1, 0.15) is 43.2 Å². The number of rotatable bonds is 0. The van der Waals surface area contributed by atoms with Crippen LogP contribution in [0, 0.1) is 21.1 Å². The van der Waals surface area contributed by atoms with Crippen molar-refractivity contribution in [3.8, 4) is 0 Å². The van der Waals surface area contributed by atoms with Crippen LogP contribution >= 0.6 is 0 Å². The summed E-state index contributed by atoms with van der Waals surface area (Å²) in [4.78, 5) is 4.18. The van der Waals surface area contributed by atoms with Crippen molar-refractivity contribution in [1.82, 2.24) is 0 Å². The molecule has 0 amide bonds. The lowest BCUT2D eigenvalue weighted by Gasteiger charge is -2.36. The quantitative estimate of drug-likeness (QED) is 0.509. The van der Waals surface area contributed by atoms with E-state index in [4.69, 9.17) is 9.47 Å². The number of hydrogen-bond donors (Lipinski definition) is 3. The van der Waals surface area contributed by atoms with Gasteiger partial charge in [-0.2, -0.15) is 21.1 Å². The zero-order valence-electron chi connectivity index (χ0n) is 18.1. The van der Waals surface area contributed by atoms with Crippen LogP contribution in [0.2, 0.25) is 0 Å². The van der Waals surface area contributed by atoms with Crippen LogP contribution < -0.4 is 14.7 Å². The fourth-order valence-corrected chi connectivity index (χ4v) is 4.46. The predicted molar refractivity (Wildman–Crippen MR) is 115 cm³/mol. The number of ether oxygens (including phenoxy) is 2. The number of hydrogen-bond acceptors (Lipinski definition) is 2. The average Bonchev–Trinajstić information content (AvgIpc) is 3.20. The standard InChI is InChI=1S/C10H13N.C8H15NO2.C6H13N/c1-11-7-6-9-4-2-3-5-10(9)8-11;1-9-4-2-8(3-5-9)10-6-7-11-8;1-7-5-3-2-4-6-7/h2-5,11H,1,6-8H2;9H,1-7H2;7H,1-6H2. The van der Waals surface area contributed by atoms with Crippen molar-refractivity contribution in [2.45, 2.75) is 50.9 Å². The van der Waals surface area contributed by atoms with Gasteiger partial charge < -0.3 is 24.2 Å². The molecule has 5 rings (SSSR count). The van der Waals surface area contributed by atoms with Crippen LogP contribution in [-0.2, 0) is 22.4 Å². The zero-order chi connectivity index (χ0) is 20.5. The molecule has 3 N–H and O–H groups in total. The molecule has 1 atom stereocenters. The molecule has 1 spiro atoms. The second-order valence-corrected chi connectivity index (χ2v) is 8.86. The number of fused-ring (bicyclic) bond motifs is 1. The topological polar surface area (TPSA) is 31.8 Å². The first-order chi connectivity index (χ1) is 14.1. The van der Waals surface area contributed by atoms with Crippen molar-refractivity contribution in [3.63, 3.8) is 0 Å². The lowest BCUT2D eigenvalue weighted by atomic mass is 10.0. The maximum Gasteiger partial charge on any atom is 0.179 e. The van der Waals surface area contributed by atoms with Crippen LogP contribution in [0.3, 0.4) is 0 Å². The van der Waals surface area contributed by atoms with E-state index in [1.54, 1.807) is 0 Å². The van der Waals surface area contributed by atoms with Gasteiger partial charge in [0.05, 0.1) is 52.5 Å². The van der Waals surface area contributed by atoms with Crippen molar-refractivity contribution in [2.75, 3.05) is 45.9 Å². The van der Waals surface area contributed by atoms with Gasteiger partial charge in [-0.05, 0) is 24.8 Å². The van der Waals surface area contributed by atoms with Gasteiger partial charge in [0.25, 0.3) is 0 Å². The molecule has 1 unspecified atom stereocenters. The van der Waals surface area contributed by atoms with E-state index >= 15 is 0 Å². The Morgan fingerprint density at radius 1 is 0.690 bits per heavy atom. The Morgan fingerprint density at radius 2 is 1.28 bits per heavy atom. The van der Waals surface area contributed by atoms with E-state index in [0.717, 1.165) is 45.7 Å². The van der Waals surface area contributed by atoms with E-state index in [-0.39, 0.29) is 5.79 Å². The van der Waals surface area contributed by atoms with Crippen LogP contribution in [0.25, 0.3) is 0 Å². The lowest BCUT2D eigenvalue weighted by molar-refractivity contribution is -0.870. The molecule has 0 radical (unpaired) electrons. The molecule has 1 aromatic carbocycles. The molecule has 1 aromatic rings. The fraction of sp³-hybridized carbons (Fsp3) is 0.625. The van der Waals surface area contributed by atoms with E-state index < -0.39 is 0 Å². The molecule has 164 valence electrons. The minimum atomic E-state index is -0.207. The molecule has 3 fully saturated rings. The lowest BCUT2D eigenvalue weighted by Crippen LogP contribution is -3.08. The molecule has 4 aliphatic rings. The van der Waals surface area contributed by atoms with Crippen LogP contribution in [0.15, 0.2) is 24.3 Å². The van der Waals surface area contributed by atoms with E-state index in [9.17, 15) is 0 Å². The molecule has 0 aliphatic carbocycles. The first-order valence-electron chi connectivity index (χ1n) is 11.4. The third kappa shape index (κ3) is 7.34. The Balaban J connectivity index is 0.000000128. The van der Waals surface area contributed by atoms with Crippen LogP contribution in [0.5, 0.6) is 0 Å². The first-order valence-corrected chi connectivity index (χ1v) is 11.4. The maximum absolute atomic E-state index is 5.57. The van der Waals surface area contributed by atoms with E-state index in [1.165, 1.54) is 71.1 Å². The Bertz CT molecular complexity index is 588. The molecule has 0 aromatic heterocycles. The highest BCUT2D eigenvalue weighted by Gasteiger charge is 2.39. The number of likely N-dealkylation sites (tertiary alicyclic amines) is 2. The third-order valence-corrected chi connectivity index (χ3v) is 6.40. The number of quaternary nitrogens is 3. The normalized spacial score (nSPS) is 26.7. The van der Waals surface area contributed by atoms with E-state index in [2.05, 4.69) is 45.4 Å². The largest absolute Gasteiger partial charge is 0.468 e. The van der Waals surface area contributed by atoms with Crippen molar-refractivity contribution >= 4 is 0 Å². The molecular formula is C24H41N3O2. The van der Waals surface area contributed by atoms with Crippen molar-refractivity contribution in [2.24, 2.45) is 0 Å². The second-order valence-electron chi connectivity index (χ2n) is 8.86. The van der Waals surface area contributed by atoms with Crippen molar-refractivity contribution < 1.29 is 24.2 Å². The number of piperidine rings is 2. The van der Waals surface area contributed by atoms with Gasteiger partial charge in [-0.1, -0.05) is 24.3 Å². The first kappa shape index (κ1) is 22.7. The van der Waals surface area contributed by atoms with Crippen molar-refractivity contribution in [3.05, 3.63) is 56.5 Å². The molecular weight excluding hydrogens is 362 g/mol. The van der Waals surface area contributed by atoms with Gasteiger partial charge in [0.15, 0.2) is 5.79 Å². The predicted octanol–water partition coefficient (Wildman–Crippen LogP) is -0.534. The summed E-state index contributed by atoms with van der Waals surface area (Å²) >= 11 is 0. The van der Waals surface area contributed by atoms with Gasteiger partial charge in [0.2, 0.25) is 0 Å². The summed E-state index contributed by atoms with van der Waals surface area (Å²) in [6.45, 7) is 8.53. The number of nitrogens with one attached hydrogen (secondary N) is 3. The summed E-state index contributed by atoms with van der Waals surface area (Å²) in [7, 11) is 11.9. The van der Waals surface area contributed by atoms with Gasteiger partial charge in [0, 0.05) is 24.8 Å². The monoisotopic (exact) mass is 403 g/mol. The molecule has 0 saturated carbocycles. The molecule has 3 saturated heterocycles. The second kappa shape index (κ2) is 11.4. The van der Waals surface area contributed by atoms with Crippen LogP contribution in [0.4, 0.5) is 0 Å². The molecule has 0 bridgehead atoms.